The fourth-order valence-corrected chi connectivity index (χ4v) is 6.84. The van der Waals surface area contributed by atoms with Crippen LogP contribution in [0.2, 0.25) is 0 Å². The van der Waals surface area contributed by atoms with Gasteiger partial charge < -0.3 is 20.3 Å². The summed E-state index contributed by atoms with van der Waals surface area (Å²) in [6.45, 7) is 8.07. The van der Waals surface area contributed by atoms with Gasteiger partial charge >= 0.3 is 5.69 Å². The maximum atomic E-state index is 14.5. The first kappa shape index (κ1) is 31.5. The number of carbonyl (C=O) groups excluding carboxylic acids is 1. The van der Waals surface area contributed by atoms with Gasteiger partial charge in [0.2, 0.25) is 5.91 Å². The summed E-state index contributed by atoms with van der Waals surface area (Å²) in [5.41, 5.74) is -2.36. The number of hydrogen-bond donors (Lipinski definition) is 3. The Morgan fingerprint density at radius 3 is 2.48 bits per heavy atom. The van der Waals surface area contributed by atoms with Gasteiger partial charge in [0.05, 0.1) is 36.5 Å². The lowest BCUT2D eigenvalue weighted by atomic mass is 9.94. The highest BCUT2D eigenvalue weighted by Gasteiger charge is 2.37. The molecule has 1 aliphatic carbocycles. The summed E-state index contributed by atoms with van der Waals surface area (Å²) in [5.74, 6) is -1.33. The van der Waals surface area contributed by atoms with Crippen LogP contribution in [0.3, 0.4) is 0 Å². The molecule has 0 unspecified atom stereocenters. The van der Waals surface area contributed by atoms with Gasteiger partial charge in [0.15, 0.2) is 0 Å². The van der Waals surface area contributed by atoms with E-state index in [2.05, 4.69) is 15.5 Å². The summed E-state index contributed by atoms with van der Waals surface area (Å²) in [7, 11) is 0. The number of rotatable bonds is 9. The van der Waals surface area contributed by atoms with Crippen molar-refractivity contribution in [2.75, 3.05) is 0 Å². The molecule has 0 saturated heterocycles. The number of benzene rings is 1. The van der Waals surface area contributed by atoms with E-state index < -0.39 is 40.7 Å². The molecular weight excluding hydrogens is 591 g/mol. The summed E-state index contributed by atoms with van der Waals surface area (Å²) in [5, 5.41) is 32.7. The summed E-state index contributed by atoms with van der Waals surface area (Å²) < 4.78 is 23.2. The molecule has 1 aromatic carbocycles. The number of aryl methyl sites for hydroxylation is 1. The summed E-state index contributed by atoms with van der Waals surface area (Å²) in [4.78, 5) is 43.5. The van der Waals surface area contributed by atoms with Crippen LogP contribution in [0.25, 0.3) is 15.2 Å². The lowest BCUT2D eigenvalue weighted by molar-refractivity contribution is -0.129. The smallest absolute Gasteiger partial charge is 0.333 e. The summed E-state index contributed by atoms with van der Waals surface area (Å²) >= 11 is 1.13. The largest absolute Gasteiger partial charge is 0.508 e. The van der Waals surface area contributed by atoms with Crippen LogP contribution in [0, 0.1) is 12.7 Å². The Morgan fingerprint density at radius 2 is 1.84 bits per heavy atom. The molecule has 1 saturated carbocycles. The SMILES string of the molecule is Cc1c(-n2nccn2)sc2c1c(=O)n(C(C)(C)C(=O)NC(C)C)c(=O)n2C[C@H](O[C@H]1CC[C@@H](O)CC1)c1cc(F)ccc1O. The highest BCUT2D eigenvalue weighted by molar-refractivity contribution is 7.21. The Bertz CT molecular complexity index is 1790. The van der Waals surface area contributed by atoms with Gasteiger partial charge in [0, 0.05) is 17.2 Å². The Balaban J connectivity index is 1.74. The molecule has 3 heterocycles. The standard InChI is InChI=1S/C30H37FN6O6S/c1-16(2)34-28(41)30(4,5)36-25(40)24-17(3)26(37-32-12-13-33-37)44-27(24)35(29(36)42)15-23(21-14-18(31)6-11-22(21)39)43-20-9-7-19(38)8-10-20/h6,11-14,16,19-20,23,38-39H,7-10,15H2,1-5H3,(H,34,41)/t19-,20+,23-/m0/s1. The molecule has 3 aromatic heterocycles. The van der Waals surface area contributed by atoms with Crippen LogP contribution in [-0.4, -0.2) is 58.5 Å². The maximum Gasteiger partial charge on any atom is 0.333 e. The van der Waals surface area contributed by atoms with E-state index >= 15 is 0 Å². The van der Waals surface area contributed by atoms with Gasteiger partial charge in [-0.05, 0) is 78.5 Å². The van der Waals surface area contributed by atoms with E-state index in [0.29, 0.717) is 41.1 Å². The zero-order valence-electron chi connectivity index (χ0n) is 25.3. The van der Waals surface area contributed by atoms with Crippen molar-refractivity contribution in [3.63, 3.8) is 0 Å². The number of aromatic hydroxyl groups is 1. The summed E-state index contributed by atoms with van der Waals surface area (Å²) in [6, 6.07) is 3.27. The number of aliphatic hydroxyl groups is 1. The summed E-state index contributed by atoms with van der Waals surface area (Å²) in [6.07, 6.45) is 3.31. The molecule has 44 heavy (non-hydrogen) atoms. The van der Waals surface area contributed by atoms with Crippen LogP contribution in [0.15, 0.2) is 40.2 Å². The number of aromatic nitrogens is 5. The first-order chi connectivity index (χ1) is 20.8. The van der Waals surface area contributed by atoms with Crippen LogP contribution in [-0.2, 0) is 21.6 Å². The molecule has 12 nitrogen and oxygen atoms in total. The first-order valence-electron chi connectivity index (χ1n) is 14.6. The Morgan fingerprint density at radius 1 is 1.18 bits per heavy atom. The van der Waals surface area contributed by atoms with Crippen LogP contribution in [0.4, 0.5) is 4.39 Å². The molecule has 4 aromatic rings. The van der Waals surface area contributed by atoms with Gasteiger partial charge in [-0.1, -0.05) is 11.3 Å². The van der Waals surface area contributed by atoms with E-state index in [-0.39, 0.29) is 35.4 Å². The molecular formula is C30H37FN6O6S. The third kappa shape index (κ3) is 5.93. The van der Waals surface area contributed by atoms with Gasteiger partial charge in [-0.25, -0.2) is 13.8 Å². The normalized spacial score (nSPS) is 18.2. The van der Waals surface area contributed by atoms with Gasteiger partial charge in [-0.3, -0.25) is 14.2 Å². The molecule has 14 heteroatoms. The second kappa shape index (κ2) is 12.3. The number of phenolic OH excluding ortho intramolecular Hbond substituents is 1. The van der Waals surface area contributed by atoms with Crippen molar-refractivity contribution in [3.8, 4) is 10.8 Å². The van der Waals surface area contributed by atoms with Crippen LogP contribution < -0.4 is 16.6 Å². The quantitative estimate of drug-likeness (QED) is 0.255. The van der Waals surface area contributed by atoms with Gasteiger partial charge in [-0.2, -0.15) is 10.2 Å². The molecule has 0 spiro atoms. The fraction of sp³-hybridized carbons (Fsp3) is 0.500. The van der Waals surface area contributed by atoms with E-state index in [4.69, 9.17) is 4.74 Å². The van der Waals surface area contributed by atoms with E-state index in [0.717, 1.165) is 28.0 Å². The molecule has 236 valence electrons. The van der Waals surface area contributed by atoms with Crippen LogP contribution in [0.5, 0.6) is 5.75 Å². The molecule has 1 amide bonds. The molecule has 5 rings (SSSR count). The van der Waals surface area contributed by atoms with Crippen molar-refractivity contribution in [1.82, 2.24) is 29.4 Å². The fourth-order valence-electron chi connectivity index (χ4n) is 5.62. The lowest BCUT2D eigenvalue weighted by Gasteiger charge is -2.31. The van der Waals surface area contributed by atoms with Crippen molar-refractivity contribution < 1.29 is 24.1 Å². The van der Waals surface area contributed by atoms with Crippen LogP contribution in [0.1, 0.15) is 70.6 Å². The Hall–Kier alpha value is -3.88. The average molecular weight is 629 g/mol. The minimum atomic E-state index is -1.59. The van der Waals surface area contributed by atoms with E-state index in [1.54, 1.807) is 20.8 Å². The maximum absolute atomic E-state index is 14.5. The number of fused-ring (bicyclic) bond motifs is 1. The molecule has 3 N–H and O–H groups in total. The second-order valence-electron chi connectivity index (χ2n) is 12.0. The number of carbonyl (C=O) groups is 1. The van der Waals surface area contributed by atoms with E-state index in [9.17, 15) is 29.0 Å². The predicted octanol–water partition coefficient (Wildman–Crippen LogP) is 3.28. The molecule has 1 atom stereocenters. The monoisotopic (exact) mass is 628 g/mol. The minimum Gasteiger partial charge on any atom is -0.508 e. The number of nitrogens with one attached hydrogen (secondary N) is 1. The van der Waals surface area contributed by atoms with E-state index in [1.807, 2.05) is 0 Å². The Labute approximate surface area is 256 Å². The number of nitrogens with zero attached hydrogens (tertiary/aromatic N) is 5. The topological polar surface area (TPSA) is 154 Å². The third-order valence-electron chi connectivity index (χ3n) is 8.01. The number of thiophene rings is 1. The molecule has 0 radical (unpaired) electrons. The van der Waals surface area contributed by atoms with Gasteiger partial charge in [0.25, 0.3) is 5.56 Å². The predicted molar refractivity (Wildman–Crippen MR) is 163 cm³/mol. The first-order valence-corrected chi connectivity index (χ1v) is 15.4. The number of hydrogen-bond acceptors (Lipinski definition) is 9. The van der Waals surface area contributed by atoms with Crippen molar-refractivity contribution in [1.29, 1.82) is 0 Å². The van der Waals surface area contributed by atoms with Crippen molar-refractivity contribution in [2.45, 2.75) is 96.7 Å². The lowest BCUT2D eigenvalue weighted by Crippen LogP contribution is -2.56. The zero-order chi connectivity index (χ0) is 31.9. The Kier molecular flexibility index (Phi) is 8.78. The molecule has 1 fully saturated rings. The third-order valence-corrected chi connectivity index (χ3v) is 9.29. The second-order valence-corrected chi connectivity index (χ2v) is 13.0. The highest BCUT2D eigenvalue weighted by Crippen LogP contribution is 2.36. The van der Waals surface area contributed by atoms with Gasteiger partial charge in [-0.15, -0.1) is 4.80 Å². The van der Waals surface area contributed by atoms with Crippen molar-refractivity contribution >= 4 is 27.5 Å². The average Bonchev–Trinajstić information content (AvgIpc) is 3.60. The van der Waals surface area contributed by atoms with Crippen LogP contribution >= 0.6 is 11.3 Å². The minimum absolute atomic E-state index is 0.132. The molecule has 0 bridgehead atoms. The number of amides is 1. The van der Waals surface area contributed by atoms with Crippen molar-refractivity contribution in [3.05, 3.63) is 68.4 Å². The number of ether oxygens (including phenoxy) is 1. The van der Waals surface area contributed by atoms with Gasteiger partial charge in [0.1, 0.15) is 33.0 Å². The number of aliphatic hydroxyl groups excluding tert-OH is 1. The van der Waals surface area contributed by atoms with Crippen molar-refractivity contribution in [2.24, 2.45) is 0 Å². The number of halogens is 1. The highest BCUT2D eigenvalue weighted by atomic mass is 32.1. The zero-order valence-corrected chi connectivity index (χ0v) is 26.1. The number of phenols is 1. The molecule has 0 aliphatic heterocycles. The van der Waals surface area contributed by atoms with E-state index in [1.165, 1.54) is 41.7 Å². The molecule has 1 aliphatic rings.